The van der Waals surface area contributed by atoms with Crippen molar-refractivity contribution in [1.29, 1.82) is 0 Å². The van der Waals surface area contributed by atoms with Crippen LogP contribution in [0, 0.1) is 0 Å². The summed E-state index contributed by atoms with van der Waals surface area (Å²) >= 11 is 1.40. The molecule has 0 aromatic heterocycles. The largest absolute Gasteiger partial charge is 0.493 e. The van der Waals surface area contributed by atoms with Crippen LogP contribution in [-0.2, 0) is 5.75 Å². The highest BCUT2D eigenvalue weighted by molar-refractivity contribution is 8.13. The first-order valence-corrected chi connectivity index (χ1v) is 9.74. The Morgan fingerprint density at radius 1 is 1.22 bits per heavy atom. The molecule has 0 unspecified atom stereocenters. The zero-order chi connectivity index (χ0) is 19.5. The Hall–Kier alpha value is -2.29. The molecule has 0 spiro atoms. The second kappa shape index (κ2) is 11.4. The summed E-state index contributed by atoms with van der Waals surface area (Å²) in [5.74, 6) is 1.32. The number of nitrogens with two attached hydrogens (primary N) is 1. The number of benzene rings is 2. The summed E-state index contributed by atoms with van der Waals surface area (Å²) in [5, 5.41) is 27.1. The van der Waals surface area contributed by atoms with Crippen LogP contribution in [0.25, 0.3) is 0 Å². The van der Waals surface area contributed by atoms with Crippen LogP contribution in [0.1, 0.15) is 30.9 Å². The van der Waals surface area contributed by atoms with Gasteiger partial charge in [-0.2, -0.15) is 5.10 Å². The van der Waals surface area contributed by atoms with Crippen molar-refractivity contribution in [3.05, 3.63) is 59.7 Å². The number of rotatable bonds is 9. The highest BCUT2D eigenvalue weighted by Gasteiger charge is 2.13. The van der Waals surface area contributed by atoms with Crippen LogP contribution in [0.5, 0.6) is 5.75 Å². The summed E-state index contributed by atoms with van der Waals surface area (Å²) in [4.78, 5) is 0. The van der Waals surface area contributed by atoms with Gasteiger partial charge in [-0.1, -0.05) is 61.5 Å². The highest BCUT2D eigenvalue weighted by atomic mass is 32.2. The van der Waals surface area contributed by atoms with Crippen molar-refractivity contribution in [2.45, 2.75) is 25.5 Å². The Labute approximate surface area is 164 Å². The lowest BCUT2D eigenvalue weighted by Gasteiger charge is -2.10. The number of nitrogens with zero attached hydrogens (tertiary/aromatic N) is 2. The zero-order valence-electron chi connectivity index (χ0n) is 15.3. The second-order valence-corrected chi connectivity index (χ2v) is 6.83. The summed E-state index contributed by atoms with van der Waals surface area (Å²) in [6.45, 7) is 2.66. The Morgan fingerprint density at radius 2 is 2.00 bits per heavy atom. The predicted octanol–water partition coefficient (Wildman–Crippen LogP) is 2.13. The second-order valence-electron chi connectivity index (χ2n) is 5.83. The number of unbranched alkanes of at least 4 members (excludes halogenated alkanes) is 1. The molecular formula is C19H24BN3O3S. The minimum absolute atomic E-state index is 0.349. The van der Waals surface area contributed by atoms with Crippen molar-refractivity contribution in [2.75, 3.05) is 6.61 Å². The molecule has 0 heterocycles. The number of ether oxygens (including phenoxy) is 1. The van der Waals surface area contributed by atoms with Crippen LogP contribution in [0.3, 0.4) is 0 Å². The van der Waals surface area contributed by atoms with Gasteiger partial charge in [0, 0.05) is 11.3 Å². The van der Waals surface area contributed by atoms with Crippen molar-refractivity contribution >= 4 is 35.7 Å². The van der Waals surface area contributed by atoms with E-state index in [-0.39, 0.29) is 0 Å². The molecule has 27 heavy (non-hydrogen) atoms. The monoisotopic (exact) mass is 385 g/mol. The lowest BCUT2D eigenvalue weighted by atomic mass is 9.79. The van der Waals surface area contributed by atoms with E-state index in [0.717, 1.165) is 18.4 Å². The van der Waals surface area contributed by atoms with Gasteiger partial charge < -0.3 is 20.5 Å². The molecule has 0 atom stereocenters. The molecule has 2 rings (SSSR count). The first kappa shape index (κ1) is 21.0. The normalized spacial score (nSPS) is 11.7. The van der Waals surface area contributed by atoms with Crippen molar-refractivity contribution < 1.29 is 14.8 Å². The maximum absolute atomic E-state index is 9.36. The summed E-state index contributed by atoms with van der Waals surface area (Å²) in [6.07, 6.45) is 3.46. The number of thioether (sulfide) groups is 1. The van der Waals surface area contributed by atoms with E-state index in [0.29, 0.717) is 34.3 Å². The van der Waals surface area contributed by atoms with E-state index in [4.69, 9.17) is 10.5 Å². The Balaban J connectivity index is 2.04. The van der Waals surface area contributed by atoms with Gasteiger partial charge >= 0.3 is 7.12 Å². The summed E-state index contributed by atoms with van der Waals surface area (Å²) in [5.41, 5.74) is 8.01. The van der Waals surface area contributed by atoms with Gasteiger partial charge in [-0.3, -0.25) is 0 Å². The molecule has 2 aromatic rings. The van der Waals surface area contributed by atoms with E-state index in [1.165, 1.54) is 18.0 Å². The van der Waals surface area contributed by atoms with E-state index in [1.807, 2.05) is 30.3 Å². The number of amidine groups is 1. The molecule has 2 aromatic carbocycles. The maximum Gasteiger partial charge on any atom is 0.488 e. The fourth-order valence-electron chi connectivity index (χ4n) is 2.19. The summed E-state index contributed by atoms with van der Waals surface area (Å²) < 4.78 is 5.74. The molecule has 4 N–H and O–H groups in total. The van der Waals surface area contributed by atoms with Crippen LogP contribution < -0.4 is 15.9 Å². The summed E-state index contributed by atoms with van der Waals surface area (Å²) in [7, 11) is -1.56. The predicted molar refractivity (Wildman–Crippen MR) is 114 cm³/mol. The van der Waals surface area contributed by atoms with Crippen LogP contribution in [0.4, 0.5) is 0 Å². The number of hydrogen-bond donors (Lipinski definition) is 3. The van der Waals surface area contributed by atoms with Crippen molar-refractivity contribution in [3.8, 4) is 5.75 Å². The Kier molecular flexibility index (Phi) is 8.90. The fourth-order valence-corrected chi connectivity index (χ4v) is 2.81. The van der Waals surface area contributed by atoms with E-state index in [1.54, 1.807) is 18.2 Å². The Bertz CT molecular complexity index is 770. The topological polar surface area (TPSA) is 100 Å². The van der Waals surface area contributed by atoms with Gasteiger partial charge in [0.2, 0.25) is 0 Å². The quantitative estimate of drug-likeness (QED) is 0.202. The van der Waals surface area contributed by atoms with Crippen molar-refractivity contribution in [3.63, 3.8) is 0 Å². The standard InChI is InChI=1S/C19H24BN3O3S/c1-2-3-11-26-18-10-9-17(20(24)25)12-16(18)13-22-23-19(21)27-14-15-7-5-4-6-8-15/h4-10,12-13,24-25H,2-3,11,14H2,1H3,(H2,21,23). The molecule has 0 fully saturated rings. The van der Waals surface area contributed by atoms with Gasteiger partial charge in [-0.15, -0.1) is 5.10 Å². The van der Waals surface area contributed by atoms with Crippen LogP contribution in [0.15, 0.2) is 58.7 Å². The van der Waals surface area contributed by atoms with Gasteiger partial charge in [0.15, 0.2) is 5.17 Å². The molecule has 142 valence electrons. The molecule has 0 amide bonds. The van der Waals surface area contributed by atoms with Crippen LogP contribution in [0.2, 0.25) is 0 Å². The minimum atomic E-state index is -1.56. The van der Waals surface area contributed by atoms with E-state index in [2.05, 4.69) is 17.1 Å². The molecule has 0 radical (unpaired) electrons. The first-order valence-electron chi connectivity index (χ1n) is 8.76. The third-order valence-corrected chi connectivity index (χ3v) is 4.53. The van der Waals surface area contributed by atoms with Gasteiger partial charge in [-0.05, 0) is 29.6 Å². The molecule has 0 aliphatic heterocycles. The third-order valence-electron chi connectivity index (χ3n) is 3.67. The summed E-state index contributed by atoms with van der Waals surface area (Å²) in [6, 6.07) is 14.9. The zero-order valence-corrected chi connectivity index (χ0v) is 16.1. The molecular weight excluding hydrogens is 361 g/mol. The molecule has 0 aliphatic carbocycles. The van der Waals surface area contributed by atoms with Gasteiger partial charge in [0.1, 0.15) is 5.75 Å². The molecule has 0 bridgehead atoms. The lowest BCUT2D eigenvalue weighted by molar-refractivity contribution is 0.309. The molecule has 8 heteroatoms. The van der Waals surface area contributed by atoms with Gasteiger partial charge in [-0.25, -0.2) is 0 Å². The van der Waals surface area contributed by atoms with Gasteiger partial charge in [0.05, 0.1) is 12.8 Å². The highest BCUT2D eigenvalue weighted by Crippen LogP contribution is 2.16. The smallest absolute Gasteiger partial charge is 0.488 e. The number of hydrogen-bond acceptors (Lipinski definition) is 6. The molecule has 6 nitrogen and oxygen atoms in total. The van der Waals surface area contributed by atoms with Crippen molar-refractivity contribution in [1.82, 2.24) is 0 Å². The maximum atomic E-state index is 9.36. The Morgan fingerprint density at radius 3 is 2.70 bits per heavy atom. The minimum Gasteiger partial charge on any atom is -0.493 e. The lowest BCUT2D eigenvalue weighted by Crippen LogP contribution is -2.30. The molecule has 0 saturated carbocycles. The fraction of sp³-hybridized carbons (Fsp3) is 0.263. The molecule has 0 saturated heterocycles. The average Bonchev–Trinajstić information content (AvgIpc) is 2.68. The SMILES string of the molecule is CCCCOc1ccc(B(O)O)cc1C=NN=C(N)SCc1ccccc1. The first-order chi connectivity index (χ1) is 13.1. The van der Waals surface area contributed by atoms with Crippen LogP contribution in [-0.4, -0.2) is 35.2 Å². The van der Waals surface area contributed by atoms with Crippen LogP contribution >= 0.6 is 11.8 Å². The average molecular weight is 385 g/mol. The molecule has 0 aliphatic rings. The van der Waals surface area contributed by atoms with Gasteiger partial charge in [0.25, 0.3) is 0 Å². The van der Waals surface area contributed by atoms with Crippen molar-refractivity contribution in [2.24, 2.45) is 15.9 Å². The van der Waals surface area contributed by atoms with E-state index in [9.17, 15) is 10.0 Å². The van der Waals surface area contributed by atoms with E-state index < -0.39 is 7.12 Å². The van der Waals surface area contributed by atoms with E-state index >= 15 is 0 Å². The third kappa shape index (κ3) is 7.46.